The topological polar surface area (TPSA) is 79.3 Å². The SMILES string of the molecule is CCCSc1nc2ccc(NC(=O)[C@@H]3CCCC[C@H]3C(=O)O)cc2s1. The second-order valence-electron chi connectivity index (χ2n) is 6.34. The number of carbonyl (C=O) groups excluding carboxylic acids is 1. The third-order valence-electron chi connectivity index (χ3n) is 4.49. The zero-order valence-electron chi connectivity index (χ0n) is 14.2. The van der Waals surface area contributed by atoms with Crippen molar-refractivity contribution < 1.29 is 14.7 Å². The Labute approximate surface area is 155 Å². The summed E-state index contributed by atoms with van der Waals surface area (Å²) < 4.78 is 2.08. The lowest BCUT2D eigenvalue weighted by Gasteiger charge is -2.27. The fourth-order valence-corrected chi connectivity index (χ4v) is 5.24. The summed E-state index contributed by atoms with van der Waals surface area (Å²) in [4.78, 5) is 28.6. The summed E-state index contributed by atoms with van der Waals surface area (Å²) in [5.41, 5.74) is 1.64. The molecular weight excluding hydrogens is 356 g/mol. The number of benzene rings is 1. The van der Waals surface area contributed by atoms with E-state index in [-0.39, 0.29) is 5.91 Å². The van der Waals surface area contributed by atoms with Crippen molar-refractivity contribution in [3.8, 4) is 0 Å². The molecule has 5 nitrogen and oxygen atoms in total. The number of rotatable bonds is 6. The number of nitrogens with one attached hydrogen (secondary N) is 1. The normalized spacial score (nSPS) is 20.5. The Balaban J connectivity index is 1.73. The standard InChI is InChI=1S/C18H22N2O3S2/c1-2-9-24-18-20-14-8-7-11(10-15(14)25-18)19-16(21)12-5-3-4-6-13(12)17(22)23/h7-8,10,12-13H,2-6,9H2,1H3,(H,19,21)(H,22,23)/t12-,13-/m1/s1. The van der Waals surface area contributed by atoms with Gasteiger partial charge in [0.05, 0.1) is 22.1 Å². The van der Waals surface area contributed by atoms with Gasteiger partial charge in [-0.25, -0.2) is 4.98 Å². The van der Waals surface area contributed by atoms with Crippen LogP contribution in [0.2, 0.25) is 0 Å². The van der Waals surface area contributed by atoms with Crippen LogP contribution in [0.1, 0.15) is 39.0 Å². The fraction of sp³-hybridized carbons (Fsp3) is 0.500. The Morgan fingerprint density at radius 1 is 1.32 bits per heavy atom. The van der Waals surface area contributed by atoms with Gasteiger partial charge >= 0.3 is 5.97 Å². The van der Waals surface area contributed by atoms with Crippen LogP contribution in [-0.2, 0) is 9.59 Å². The minimum atomic E-state index is -0.865. The molecule has 0 unspecified atom stereocenters. The summed E-state index contributed by atoms with van der Waals surface area (Å²) in [5.74, 6) is -1.02. The molecule has 1 aliphatic carbocycles. The number of carboxylic acids is 1. The molecule has 3 rings (SSSR count). The van der Waals surface area contributed by atoms with E-state index in [4.69, 9.17) is 0 Å². The van der Waals surface area contributed by atoms with Crippen LogP contribution in [-0.4, -0.2) is 27.7 Å². The molecule has 0 spiro atoms. The molecule has 7 heteroatoms. The van der Waals surface area contributed by atoms with Crippen LogP contribution in [0.3, 0.4) is 0 Å². The fourth-order valence-electron chi connectivity index (χ4n) is 3.21. The highest BCUT2D eigenvalue weighted by Gasteiger charge is 2.35. The van der Waals surface area contributed by atoms with Gasteiger partial charge in [-0.1, -0.05) is 31.5 Å². The van der Waals surface area contributed by atoms with Crippen LogP contribution < -0.4 is 5.32 Å². The molecule has 25 heavy (non-hydrogen) atoms. The number of aromatic nitrogens is 1. The number of thioether (sulfide) groups is 1. The summed E-state index contributed by atoms with van der Waals surface area (Å²) in [6.07, 6.45) is 4.12. The van der Waals surface area contributed by atoms with E-state index in [1.807, 2.05) is 18.2 Å². The van der Waals surface area contributed by atoms with E-state index in [0.29, 0.717) is 18.5 Å². The quantitative estimate of drug-likeness (QED) is 0.717. The van der Waals surface area contributed by atoms with Crippen molar-refractivity contribution in [3.63, 3.8) is 0 Å². The Morgan fingerprint density at radius 3 is 2.80 bits per heavy atom. The molecule has 1 aliphatic rings. The van der Waals surface area contributed by atoms with E-state index in [2.05, 4.69) is 17.2 Å². The number of carboxylic acid groups (broad SMARTS) is 1. The number of hydrogen-bond donors (Lipinski definition) is 2. The summed E-state index contributed by atoms with van der Waals surface area (Å²) >= 11 is 3.37. The van der Waals surface area contributed by atoms with E-state index in [0.717, 1.165) is 39.6 Å². The zero-order chi connectivity index (χ0) is 17.8. The van der Waals surface area contributed by atoms with Gasteiger partial charge in [0.15, 0.2) is 4.34 Å². The van der Waals surface area contributed by atoms with Crippen LogP contribution in [0, 0.1) is 11.8 Å². The van der Waals surface area contributed by atoms with E-state index < -0.39 is 17.8 Å². The van der Waals surface area contributed by atoms with Crippen molar-refractivity contribution >= 4 is 50.9 Å². The van der Waals surface area contributed by atoms with Crippen LogP contribution in [0.5, 0.6) is 0 Å². The van der Waals surface area contributed by atoms with Gasteiger partial charge in [-0.3, -0.25) is 9.59 Å². The number of nitrogens with zero attached hydrogens (tertiary/aromatic N) is 1. The number of aliphatic carboxylic acids is 1. The highest BCUT2D eigenvalue weighted by molar-refractivity contribution is 8.01. The Bertz CT molecular complexity index is 775. The molecule has 1 heterocycles. The van der Waals surface area contributed by atoms with Gasteiger partial charge in [0.1, 0.15) is 0 Å². The van der Waals surface area contributed by atoms with Crippen molar-refractivity contribution in [2.45, 2.75) is 43.4 Å². The van der Waals surface area contributed by atoms with Crippen LogP contribution in [0.4, 0.5) is 5.69 Å². The van der Waals surface area contributed by atoms with E-state index in [1.54, 1.807) is 23.1 Å². The first-order chi connectivity index (χ1) is 12.1. The highest BCUT2D eigenvalue weighted by atomic mass is 32.2. The number of amides is 1. The second-order valence-corrected chi connectivity index (χ2v) is 8.71. The van der Waals surface area contributed by atoms with Crippen molar-refractivity contribution in [2.24, 2.45) is 11.8 Å². The third-order valence-corrected chi connectivity index (χ3v) is 6.85. The minimum absolute atomic E-state index is 0.184. The Morgan fingerprint density at radius 2 is 2.08 bits per heavy atom. The number of fused-ring (bicyclic) bond motifs is 1. The minimum Gasteiger partial charge on any atom is -0.481 e. The predicted molar refractivity (Wildman–Crippen MR) is 102 cm³/mol. The molecule has 1 fully saturated rings. The highest BCUT2D eigenvalue weighted by Crippen LogP contribution is 2.33. The second kappa shape index (κ2) is 8.19. The predicted octanol–water partition coefficient (Wildman–Crippen LogP) is 4.63. The van der Waals surface area contributed by atoms with Crippen LogP contribution >= 0.6 is 23.1 Å². The van der Waals surface area contributed by atoms with Crippen molar-refractivity contribution in [2.75, 3.05) is 11.1 Å². The van der Waals surface area contributed by atoms with Gasteiger partial charge < -0.3 is 10.4 Å². The molecular formula is C18H22N2O3S2. The van der Waals surface area contributed by atoms with Gasteiger partial charge in [0.25, 0.3) is 0 Å². The third kappa shape index (κ3) is 4.33. The molecule has 0 saturated heterocycles. The number of thiazole rings is 1. The summed E-state index contributed by atoms with van der Waals surface area (Å²) in [6.45, 7) is 2.14. The molecule has 1 saturated carbocycles. The van der Waals surface area contributed by atoms with Gasteiger partial charge in [-0.05, 0) is 37.5 Å². The maximum absolute atomic E-state index is 12.6. The first-order valence-corrected chi connectivity index (χ1v) is 10.5. The van der Waals surface area contributed by atoms with Crippen molar-refractivity contribution in [1.29, 1.82) is 0 Å². The lowest BCUT2D eigenvalue weighted by atomic mass is 9.78. The Hall–Kier alpha value is -1.60. The van der Waals surface area contributed by atoms with Crippen molar-refractivity contribution in [1.82, 2.24) is 4.98 Å². The van der Waals surface area contributed by atoms with Gasteiger partial charge in [-0.2, -0.15) is 0 Å². The molecule has 134 valence electrons. The van der Waals surface area contributed by atoms with Crippen molar-refractivity contribution in [3.05, 3.63) is 18.2 Å². The summed E-state index contributed by atoms with van der Waals surface area (Å²) in [6, 6.07) is 5.68. The number of carbonyl (C=O) groups is 2. The molecule has 2 aromatic rings. The first-order valence-electron chi connectivity index (χ1n) is 8.65. The first kappa shape index (κ1) is 18.2. The van der Waals surface area contributed by atoms with Gasteiger partial charge in [0, 0.05) is 11.4 Å². The number of hydrogen-bond acceptors (Lipinski definition) is 5. The van der Waals surface area contributed by atoms with E-state index in [9.17, 15) is 14.7 Å². The maximum atomic E-state index is 12.6. The lowest BCUT2D eigenvalue weighted by molar-refractivity contribution is -0.147. The van der Waals surface area contributed by atoms with Gasteiger partial charge in [0.2, 0.25) is 5.91 Å². The molecule has 0 bridgehead atoms. The molecule has 1 aromatic heterocycles. The monoisotopic (exact) mass is 378 g/mol. The smallest absolute Gasteiger partial charge is 0.307 e. The van der Waals surface area contributed by atoms with E-state index in [1.165, 1.54) is 0 Å². The summed E-state index contributed by atoms with van der Waals surface area (Å²) in [5, 5.41) is 12.3. The lowest BCUT2D eigenvalue weighted by Crippen LogP contribution is -2.36. The average Bonchev–Trinajstić information content (AvgIpc) is 3.02. The molecule has 0 aliphatic heterocycles. The average molecular weight is 379 g/mol. The largest absolute Gasteiger partial charge is 0.481 e. The van der Waals surface area contributed by atoms with Gasteiger partial charge in [-0.15, -0.1) is 11.3 Å². The molecule has 1 amide bonds. The van der Waals surface area contributed by atoms with Crippen LogP contribution in [0.15, 0.2) is 22.5 Å². The molecule has 0 radical (unpaired) electrons. The van der Waals surface area contributed by atoms with E-state index >= 15 is 0 Å². The van der Waals surface area contributed by atoms with Crippen LogP contribution in [0.25, 0.3) is 10.2 Å². The molecule has 2 atom stereocenters. The molecule has 2 N–H and O–H groups in total. The Kier molecular flexibility index (Phi) is 5.96. The summed E-state index contributed by atoms with van der Waals surface area (Å²) in [7, 11) is 0. The zero-order valence-corrected chi connectivity index (χ0v) is 15.8. The number of anilines is 1. The molecule has 1 aromatic carbocycles. The maximum Gasteiger partial charge on any atom is 0.307 e.